The van der Waals surface area contributed by atoms with E-state index in [0.717, 1.165) is 41.8 Å². The number of methoxy groups -OCH3 is 2. The smallest absolute Gasteiger partial charge is 0.193 e. The van der Waals surface area contributed by atoms with Gasteiger partial charge in [-0.05, 0) is 30.5 Å². The number of halogens is 1. The van der Waals surface area contributed by atoms with Gasteiger partial charge in [0.15, 0.2) is 17.5 Å². The molecule has 0 aliphatic rings. The van der Waals surface area contributed by atoms with Crippen molar-refractivity contribution in [1.82, 2.24) is 20.0 Å². The lowest BCUT2D eigenvalue weighted by Gasteiger charge is -2.27. The highest BCUT2D eigenvalue weighted by atomic mass is 127. The van der Waals surface area contributed by atoms with Gasteiger partial charge in [-0.25, -0.2) is 0 Å². The van der Waals surface area contributed by atoms with Gasteiger partial charge in [0.25, 0.3) is 0 Å². The molecule has 1 aromatic heterocycles. The summed E-state index contributed by atoms with van der Waals surface area (Å²) in [6.07, 6.45) is 2.10. The molecule has 1 aromatic carbocycles. The largest absolute Gasteiger partial charge is 0.493 e. The third kappa shape index (κ3) is 7.02. The molecule has 180 valence electrons. The van der Waals surface area contributed by atoms with Crippen molar-refractivity contribution in [3.8, 4) is 11.5 Å². The number of nitrogens with one attached hydrogen (secondary N) is 1. The van der Waals surface area contributed by atoms with E-state index < -0.39 is 0 Å². The zero-order valence-electron chi connectivity index (χ0n) is 21.0. The van der Waals surface area contributed by atoms with Crippen LogP contribution in [0.25, 0.3) is 0 Å². The van der Waals surface area contributed by atoms with Crippen molar-refractivity contribution < 1.29 is 9.47 Å². The van der Waals surface area contributed by atoms with E-state index in [-0.39, 0.29) is 29.4 Å². The fourth-order valence-electron chi connectivity index (χ4n) is 3.58. The summed E-state index contributed by atoms with van der Waals surface area (Å²) >= 11 is 0. The predicted molar refractivity (Wildman–Crippen MR) is 143 cm³/mol. The van der Waals surface area contributed by atoms with E-state index in [0.29, 0.717) is 12.5 Å². The van der Waals surface area contributed by atoms with Gasteiger partial charge in [-0.3, -0.25) is 9.67 Å². The number of ether oxygens (including phenoxy) is 2. The highest BCUT2D eigenvalue weighted by Crippen LogP contribution is 2.33. The fraction of sp³-hybridized carbons (Fsp3) is 0.583. The topological polar surface area (TPSA) is 63.9 Å². The van der Waals surface area contributed by atoms with Crippen molar-refractivity contribution in [3.63, 3.8) is 0 Å². The van der Waals surface area contributed by atoms with Crippen LogP contribution in [0.2, 0.25) is 0 Å². The predicted octanol–water partition coefficient (Wildman–Crippen LogP) is 4.55. The molecule has 2 rings (SSSR count). The number of rotatable bonds is 9. The normalized spacial score (nSPS) is 11.9. The molecule has 32 heavy (non-hydrogen) atoms. The first-order valence-corrected chi connectivity index (χ1v) is 10.9. The molecule has 0 amide bonds. The molecule has 7 nitrogen and oxygen atoms in total. The van der Waals surface area contributed by atoms with Gasteiger partial charge in [-0.2, -0.15) is 5.10 Å². The molecule has 0 spiro atoms. The number of aliphatic imine (C=N–C) groups is 1. The Morgan fingerprint density at radius 1 is 1.22 bits per heavy atom. The van der Waals surface area contributed by atoms with Crippen molar-refractivity contribution in [2.75, 3.05) is 34.4 Å². The van der Waals surface area contributed by atoms with E-state index in [2.05, 4.69) is 69.2 Å². The average Bonchev–Trinajstić information content (AvgIpc) is 3.10. The first-order valence-electron chi connectivity index (χ1n) is 10.9. The van der Waals surface area contributed by atoms with Gasteiger partial charge in [-0.1, -0.05) is 33.8 Å². The maximum absolute atomic E-state index is 5.48. The molecule has 0 aliphatic heterocycles. The van der Waals surface area contributed by atoms with E-state index in [1.54, 1.807) is 14.2 Å². The van der Waals surface area contributed by atoms with Crippen LogP contribution in [-0.2, 0) is 19.0 Å². The van der Waals surface area contributed by atoms with Crippen LogP contribution >= 0.6 is 24.0 Å². The molecule has 0 atom stereocenters. The Kier molecular flexibility index (Phi) is 10.8. The highest BCUT2D eigenvalue weighted by Gasteiger charge is 2.23. The molecule has 8 heteroatoms. The van der Waals surface area contributed by atoms with Crippen molar-refractivity contribution in [2.45, 2.75) is 52.5 Å². The van der Waals surface area contributed by atoms with Crippen molar-refractivity contribution in [3.05, 3.63) is 41.2 Å². The van der Waals surface area contributed by atoms with Crippen LogP contribution in [0.5, 0.6) is 11.5 Å². The molecule has 0 saturated heterocycles. The van der Waals surface area contributed by atoms with Crippen molar-refractivity contribution in [2.24, 2.45) is 12.0 Å². The Morgan fingerprint density at radius 2 is 1.88 bits per heavy atom. The summed E-state index contributed by atoms with van der Waals surface area (Å²) < 4.78 is 12.7. The summed E-state index contributed by atoms with van der Waals surface area (Å²) in [5.41, 5.74) is 3.35. The van der Waals surface area contributed by atoms with E-state index in [1.165, 1.54) is 5.56 Å². The van der Waals surface area contributed by atoms with Gasteiger partial charge in [0.1, 0.15) is 0 Å². The molecule has 0 saturated carbocycles. The molecule has 0 radical (unpaired) electrons. The Hall–Kier alpha value is -1.97. The molecule has 0 unspecified atom stereocenters. The minimum Gasteiger partial charge on any atom is -0.493 e. The summed E-state index contributed by atoms with van der Waals surface area (Å²) in [7, 11) is 7.36. The van der Waals surface area contributed by atoms with Crippen LogP contribution in [0.1, 0.15) is 57.4 Å². The van der Waals surface area contributed by atoms with Crippen LogP contribution < -0.4 is 14.8 Å². The average molecular weight is 558 g/mol. The number of nitrogens with zero attached hydrogens (tertiary/aromatic N) is 4. The third-order valence-electron chi connectivity index (χ3n) is 5.38. The molecule has 0 bridgehead atoms. The van der Waals surface area contributed by atoms with Gasteiger partial charge >= 0.3 is 0 Å². The summed E-state index contributed by atoms with van der Waals surface area (Å²) in [6.45, 7) is 13.0. The van der Waals surface area contributed by atoms with Gasteiger partial charge < -0.3 is 19.7 Å². The molecular weight excluding hydrogens is 517 g/mol. The molecule has 0 fully saturated rings. The standard InChI is InChI=1S/C24H39N5O2.HI/c1-10-25-23(28(6)14-18-15-29(7)27-22(18)17(2)3)26-16-24(4,5)19-11-12-20(30-8)21(13-19)31-9;/h11-13,15,17H,10,14,16H2,1-9H3,(H,25,26);1H. The first kappa shape index (κ1) is 28.1. The van der Waals surface area contributed by atoms with Crippen LogP contribution in [-0.4, -0.2) is 55.0 Å². The molecule has 1 N–H and O–H groups in total. The summed E-state index contributed by atoms with van der Waals surface area (Å²) in [5, 5.41) is 8.06. The Balaban J connectivity index is 0.00000512. The number of benzene rings is 1. The Morgan fingerprint density at radius 3 is 2.44 bits per heavy atom. The quantitative estimate of drug-likeness (QED) is 0.279. The Bertz CT molecular complexity index is 893. The van der Waals surface area contributed by atoms with E-state index in [4.69, 9.17) is 14.5 Å². The molecular formula is C24H40IN5O2. The SMILES string of the molecule is CCNC(=NCC(C)(C)c1ccc(OC)c(OC)c1)N(C)Cc1cn(C)nc1C(C)C.I. The highest BCUT2D eigenvalue weighted by molar-refractivity contribution is 14.0. The minimum absolute atomic E-state index is 0. The zero-order valence-corrected chi connectivity index (χ0v) is 23.4. The van der Waals surface area contributed by atoms with Crippen molar-refractivity contribution >= 4 is 29.9 Å². The lowest BCUT2D eigenvalue weighted by Crippen LogP contribution is -2.39. The summed E-state index contributed by atoms with van der Waals surface area (Å²) in [6, 6.07) is 6.07. The zero-order chi connectivity index (χ0) is 23.2. The van der Waals surface area contributed by atoms with Crippen LogP contribution in [0.3, 0.4) is 0 Å². The second-order valence-electron chi connectivity index (χ2n) is 8.85. The maximum Gasteiger partial charge on any atom is 0.193 e. The second-order valence-corrected chi connectivity index (χ2v) is 8.85. The Labute approximate surface area is 210 Å². The van der Waals surface area contributed by atoms with Gasteiger partial charge in [0.2, 0.25) is 0 Å². The van der Waals surface area contributed by atoms with Gasteiger partial charge in [0.05, 0.1) is 26.5 Å². The number of guanidine groups is 1. The first-order chi connectivity index (χ1) is 14.6. The second kappa shape index (κ2) is 12.3. The number of aromatic nitrogens is 2. The lowest BCUT2D eigenvalue weighted by molar-refractivity contribution is 0.353. The molecule has 2 aromatic rings. The van der Waals surface area contributed by atoms with E-state index in [1.807, 2.05) is 23.9 Å². The van der Waals surface area contributed by atoms with Crippen LogP contribution in [0.4, 0.5) is 0 Å². The van der Waals surface area contributed by atoms with Gasteiger partial charge in [0, 0.05) is 44.4 Å². The molecule has 1 heterocycles. The maximum atomic E-state index is 5.48. The monoisotopic (exact) mass is 557 g/mol. The van der Waals surface area contributed by atoms with E-state index >= 15 is 0 Å². The minimum atomic E-state index is -0.168. The molecule has 0 aliphatic carbocycles. The van der Waals surface area contributed by atoms with Crippen LogP contribution in [0.15, 0.2) is 29.4 Å². The number of aryl methyl sites for hydroxylation is 1. The van der Waals surface area contributed by atoms with Gasteiger partial charge in [-0.15, -0.1) is 24.0 Å². The fourth-order valence-corrected chi connectivity index (χ4v) is 3.58. The number of hydrogen-bond donors (Lipinski definition) is 1. The summed E-state index contributed by atoms with van der Waals surface area (Å²) in [4.78, 5) is 7.13. The third-order valence-corrected chi connectivity index (χ3v) is 5.38. The number of hydrogen-bond acceptors (Lipinski definition) is 4. The van der Waals surface area contributed by atoms with E-state index in [9.17, 15) is 0 Å². The lowest BCUT2D eigenvalue weighted by atomic mass is 9.84. The van der Waals surface area contributed by atoms with Crippen LogP contribution in [0, 0.1) is 0 Å². The van der Waals surface area contributed by atoms with Crippen molar-refractivity contribution in [1.29, 1.82) is 0 Å². The summed E-state index contributed by atoms with van der Waals surface area (Å²) in [5.74, 6) is 2.73.